The van der Waals surface area contributed by atoms with Crippen molar-refractivity contribution in [3.8, 4) is 11.8 Å². The van der Waals surface area contributed by atoms with Gasteiger partial charge in [0, 0.05) is 25.7 Å². The van der Waals surface area contributed by atoms with Crippen molar-refractivity contribution in [3.05, 3.63) is 29.3 Å². The Morgan fingerprint density at radius 3 is 2.74 bits per heavy atom. The molecular weight excluding hydrogens is 262 g/mol. The highest BCUT2D eigenvalue weighted by molar-refractivity contribution is 5.85. The summed E-state index contributed by atoms with van der Waals surface area (Å²) in [5.41, 5.74) is 7.75. The second kappa shape index (κ2) is 6.76. The van der Waals surface area contributed by atoms with Gasteiger partial charge in [0.2, 0.25) is 0 Å². The molecule has 1 heterocycles. The number of methoxy groups -OCH3 is 1. The number of nitrogens with zero attached hydrogens (tertiary/aromatic N) is 2. The van der Waals surface area contributed by atoms with Gasteiger partial charge < -0.3 is 10.5 Å². The maximum Gasteiger partial charge on any atom is 0.136 e. The summed E-state index contributed by atoms with van der Waals surface area (Å²) in [5.74, 6) is 1.19. The second-order valence-corrected chi connectivity index (χ2v) is 4.98. The van der Waals surface area contributed by atoms with Crippen molar-refractivity contribution in [2.24, 2.45) is 11.7 Å². The smallest absolute Gasteiger partial charge is 0.136 e. The van der Waals surface area contributed by atoms with Gasteiger partial charge in [0.05, 0.1) is 12.7 Å². The molecule has 0 aromatic heterocycles. The summed E-state index contributed by atoms with van der Waals surface area (Å²) in [6.45, 7) is 5.01. The van der Waals surface area contributed by atoms with Crippen molar-refractivity contribution in [1.29, 1.82) is 5.26 Å². The maximum absolute atomic E-state index is 8.94. The molecule has 104 valence electrons. The molecular formula is C14H20ClN3O. The van der Waals surface area contributed by atoms with E-state index >= 15 is 0 Å². The third-order valence-corrected chi connectivity index (χ3v) is 3.54. The molecule has 0 saturated carbocycles. The minimum absolute atomic E-state index is 0. The van der Waals surface area contributed by atoms with Crippen molar-refractivity contribution in [2.45, 2.75) is 19.5 Å². The number of ether oxygens (including phenoxy) is 1. The third-order valence-electron chi connectivity index (χ3n) is 3.54. The van der Waals surface area contributed by atoms with E-state index in [2.05, 4.69) is 17.9 Å². The molecule has 1 aliphatic rings. The van der Waals surface area contributed by atoms with Gasteiger partial charge in [-0.15, -0.1) is 12.4 Å². The molecule has 5 heteroatoms. The van der Waals surface area contributed by atoms with Crippen LogP contribution in [-0.2, 0) is 6.54 Å². The van der Waals surface area contributed by atoms with Gasteiger partial charge in [0.15, 0.2) is 0 Å². The minimum Gasteiger partial charge on any atom is -0.495 e. The first-order chi connectivity index (χ1) is 8.63. The van der Waals surface area contributed by atoms with E-state index in [-0.39, 0.29) is 18.4 Å². The van der Waals surface area contributed by atoms with Crippen molar-refractivity contribution in [1.82, 2.24) is 4.90 Å². The molecule has 0 bridgehead atoms. The lowest BCUT2D eigenvalue weighted by Crippen LogP contribution is -2.28. The molecule has 0 aliphatic carbocycles. The molecule has 0 radical (unpaired) electrons. The van der Waals surface area contributed by atoms with Gasteiger partial charge in [-0.05, 0) is 23.6 Å². The molecule has 2 N–H and O–H groups in total. The zero-order valence-corrected chi connectivity index (χ0v) is 12.1. The van der Waals surface area contributed by atoms with Crippen LogP contribution >= 0.6 is 12.4 Å². The Bertz CT molecular complexity index is 462. The summed E-state index contributed by atoms with van der Waals surface area (Å²) in [5, 5.41) is 8.94. The highest BCUT2D eigenvalue weighted by Gasteiger charge is 2.26. The van der Waals surface area contributed by atoms with Gasteiger partial charge in [0.1, 0.15) is 11.8 Å². The van der Waals surface area contributed by atoms with E-state index < -0.39 is 0 Å². The van der Waals surface area contributed by atoms with E-state index in [1.807, 2.05) is 18.2 Å². The number of hydrogen-bond acceptors (Lipinski definition) is 4. The van der Waals surface area contributed by atoms with E-state index in [0.29, 0.717) is 17.2 Å². The quantitative estimate of drug-likeness (QED) is 0.917. The Kier molecular flexibility index (Phi) is 5.61. The van der Waals surface area contributed by atoms with Crippen LogP contribution in [0.1, 0.15) is 18.1 Å². The Labute approximate surface area is 120 Å². The third kappa shape index (κ3) is 3.60. The summed E-state index contributed by atoms with van der Waals surface area (Å²) in [7, 11) is 1.59. The lowest BCUT2D eigenvalue weighted by atomic mass is 10.1. The van der Waals surface area contributed by atoms with Crippen LogP contribution < -0.4 is 10.5 Å². The minimum atomic E-state index is 0. The van der Waals surface area contributed by atoms with E-state index in [9.17, 15) is 0 Å². The first-order valence-corrected chi connectivity index (χ1v) is 6.19. The summed E-state index contributed by atoms with van der Waals surface area (Å²) in [6, 6.07) is 8.12. The number of nitrogens with two attached hydrogens (primary N) is 1. The molecule has 1 saturated heterocycles. The van der Waals surface area contributed by atoms with Gasteiger partial charge in [0.25, 0.3) is 0 Å². The predicted molar refractivity (Wildman–Crippen MR) is 77.4 cm³/mol. The van der Waals surface area contributed by atoms with Crippen molar-refractivity contribution in [3.63, 3.8) is 0 Å². The van der Waals surface area contributed by atoms with Crippen LogP contribution in [0, 0.1) is 17.2 Å². The highest BCUT2D eigenvalue weighted by atomic mass is 35.5. The first kappa shape index (κ1) is 15.8. The van der Waals surface area contributed by atoms with Crippen LogP contribution in [0.2, 0.25) is 0 Å². The van der Waals surface area contributed by atoms with Gasteiger partial charge >= 0.3 is 0 Å². The van der Waals surface area contributed by atoms with E-state index in [1.165, 1.54) is 0 Å². The predicted octanol–water partition coefficient (Wildman–Crippen LogP) is 1.77. The number of benzene rings is 1. The number of likely N-dealkylation sites (tertiary alicyclic amines) is 1. The van der Waals surface area contributed by atoms with Crippen LogP contribution in [0.5, 0.6) is 5.75 Å². The fraction of sp³-hybridized carbons (Fsp3) is 0.500. The molecule has 1 aliphatic heterocycles. The van der Waals surface area contributed by atoms with E-state index in [4.69, 9.17) is 15.7 Å². The first-order valence-electron chi connectivity index (χ1n) is 6.19. The van der Waals surface area contributed by atoms with Crippen molar-refractivity contribution >= 4 is 12.4 Å². The topological polar surface area (TPSA) is 62.3 Å². The van der Waals surface area contributed by atoms with Gasteiger partial charge in [-0.25, -0.2) is 0 Å². The highest BCUT2D eigenvalue weighted by Crippen LogP contribution is 2.22. The van der Waals surface area contributed by atoms with Gasteiger partial charge in [-0.1, -0.05) is 13.0 Å². The van der Waals surface area contributed by atoms with E-state index in [0.717, 1.165) is 25.2 Å². The molecule has 2 unspecified atom stereocenters. The second-order valence-electron chi connectivity index (χ2n) is 4.98. The van der Waals surface area contributed by atoms with Crippen LogP contribution in [-0.4, -0.2) is 31.1 Å². The van der Waals surface area contributed by atoms with Crippen molar-refractivity contribution < 1.29 is 4.74 Å². The normalized spacial score (nSPS) is 22.6. The van der Waals surface area contributed by atoms with Crippen LogP contribution in [0.25, 0.3) is 0 Å². The zero-order chi connectivity index (χ0) is 13.1. The van der Waals surface area contributed by atoms with Gasteiger partial charge in [-0.3, -0.25) is 4.90 Å². The Hall–Kier alpha value is -1.28. The monoisotopic (exact) mass is 281 g/mol. The summed E-state index contributed by atoms with van der Waals surface area (Å²) in [4.78, 5) is 2.34. The van der Waals surface area contributed by atoms with Crippen molar-refractivity contribution in [2.75, 3.05) is 20.2 Å². The zero-order valence-electron chi connectivity index (χ0n) is 11.3. The summed E-state index contributed by atoms with van der Waals surface area (Å²) in [6.07, 6.45) is 0. The molecule has 0 spiro atoms. The molecule has 2 rings (SSSR count). The summed E-state index contributed by atoms with van der Waals surface area (Å²) < 4.78 is 5.22. The number of nitriles is 1. The molecule has 19 heavy (non-hydrogen) atoms. The molecule has 4 nitrogen and oxygen atoms in total. The summed E-state index contributed by atoms with van der Waals surface area (Å²) >= 11 is 0. The molecule has 2 atom stereocenters. The lowest BCUT2D eigenvalue weighted by molar-refractivity contribution is 0.318. The van der Waals surface area contributed by atoms with Gasteiger partial charge in [-0.2, -0.15) is 5.26 Å². The van der Waals surface area contributed by atoms with Crippen LogP contribution in [0.15, 0.2) is 18.2 Å². The van der Waals surface area contributed by atoms with Crippen LogP contribution in [0.3, 0.4) is 0 Å². The number of rotatable bonds is 3. The largest absolute Gasteiger partial charge is 0.495 e. The molecule has 1 fully saturated rings. The van der Waals surface area contributed by atoms with Crippen LogP contribution in [0.4, 0.5) is 0 Å². The fourth-order valence-corrected chi connectivity index (χ4v) is 2.41. The van der Waals surface area contributed by atoms with E-state index in [1.54, 1.807) is 7.11 Å². The number of halogens is 1. The maximum atomic E-state index is 8.94. The Balaban J connectivity index is 0.00000180. The number of hydrogen-bond donors (Lipinski definition) is 1. The average molecular weight is 282 g/mol. The Morgan fingerprint density at radius 1 is 1.47 bits per heavy atom. The average Bonchev–Trinajstić information content (AvgIpc) is 2.68. The molecule has 1 aromatic carbocycles. The fourth-order valence-electron chi connectivity index (χ4n) is 2.41. The SMILES string of the molecule is COc1cc(CN2CC(C)C(N)C2)ccc1C#N.Cl. The Morgan fingerprint density at radius 2 is 2.21 bits per heavy atom. The molecule has 0 amide bonds. The lowest BCUT2D eigenvalue weighted by Gasteiger charge is -2.16. The standard InChI is InChI=1S/C14H19N3O.ClH/c1-10-7-17(9-13(10)16)8-11-3-4-12(6-15)14(5-11)18-2;/h3-5,10,13H,7-9,16H2,1-2H3;1H. The molecule has 1 aromatic rings.